The van der Waals surface area contributed by atoms with Crippen LogP contribution in [0.3, 0.4) is 0 Å². The number of hydrogen-bond acceptors (Lipinski definition) is 18. The van der Waals surface area contributed by atoms with Crippen LogP contribution in [0.25, 0.3) is 12.2 Å². The Balaban J connectivity index is 0.00000422. The summed E-state index contributed by atoms with van der Waals surface area (Å²) in [5.41, 5.74) is 0.820. The number of nitrogens with one attached hydrogen (secondary N) is 4. The third-order valence-electron chi connectivity index (χ3n) is 8.43. The zero-order chi connectivity index (χ0) is 42.9. The summed E-state index contributed by atoms with van der Waals surface area (Å²) in [6.45, 7) is -0.189. The van der Waals surface area contributed by atoms with E-state index in [0.29, 0.717) is 11.4 Å². The zero-order valence-electron chi connectivity index (χ0n) is 34.0. The monoisotopic (exact) mass is 902 g/mol. The Morgan fingerprint density at radius 3 is 1.44 bits per heavy atom. The van der Waals surface area contributed by atoms with E-state index in [0.717, 1.165) is 0 Å². The molecule has 6 rings (SSSR count). The van der Waals surface area contributed by atoms with Crippen LogP contribution in [-0.4, -0.2) is 166 Å². The van der Waals surface area contributed by atoms with E-state index in [1.165, 1.54) is 53.5 Å². The SMILES string of the molecule is CN(CCO)c1nc(Nc2ccccc2)nc(Nc2ccc(C=Cc3ccccc3S(=O)(=O)O)c(S(=O)(=O)O)c2Nc2nc(Nc3ccccc3)nc(N(C)CCO)n2)n1.[Na].[Na]. The van der Waals surface area contributed by atoms with Crippen molar-refractivity contribution in [3.63, 3.8) is 0 Å². The van der Waals surface area contributed by atoms with Gasteiger partial charge in [-0.15, -0.1) is 0 Å². The third-order valence-corrected chi connectivity index (χ3v) is 10.3. The van der Waals surface area contributed by atoms with Crippen molar-refractivity contribution >= 4 is 150 Å². The van der Waals surface area contributed by atoms with Gasteiger partial charge in [-0.05, 0) is 47.5 Å². The fraction of sp³-hybridized carbons (Fsp3) is 0.158. The second-order valence-corrected chi connectivity index (χ2v) is 15.6. The topological polar surface area (TPSA) is 281 Å². The first-order valence-corrected chi connectivity index (χ1v) is 20.8. The maximum atomic E-state index is 13.5. The minimum absolute atomic E-state index is 0. The van der Waals surface area contributed by atoms with E-state index in [-0.39, 0.29) is 144 Å². The molecule has 0 amide bonds. The number of likely N-dealkylation sites (N-methyl/N-ethyl adjacent to an activating group) is 2. The van der Waals surface area contributed by atoms with Crippen molar-refractivity contribution in [2.75, 3.05) is 71.5 Å². The Kier molecular flexibility index (Phi) is 18.1. The molecule has 0 unspecified atom stereocenters. The molecule has 24 heteroatoms. The van der Waals surface area contributed by atoms with Crippen LogP contribution in [0.5, 0.6) is 0 Å². The number of hydrogen-bond donors (Lipinski definition) is 8. The minimum atomic E-state index is -5.17. The second kappa shape index (κ2) is 22.5. The predicted octanol–water partition coefficient (Wildman–Crippen LogP) is 3.79. The van der Waals surface area contributed by atoms with Crippen LogP contribution >= 0.6 is 0 Å². The molecule has 20 nitrogen and oxygen atoms in total. The summed E-state index contributed by atoms with van der Waals surface area (Å²) in [4.78, 5) is 28.9. The number of rotatable bonds is 18. The van der Waals surface area contributed by atoms with Gasteiger partial charge in [0.1, 0.15) is 9.79 Å². The molecule has 6 aromatic rings. The van der Waals surface area contributed by atoms with Crippen molar-refractivity contribution in [3.05, 3.63) is 108 Å². The number of aliphatic hydroxyl groups excluding tert-OH is 2. The maximum Gasteiger partial charge on any atom is 0.297 e. The van der Waals surface area contributed by atoms with Crippen molar-refractivity contribution < 1.29 is 36.2 Å². The first-order valence-electron chi connectivity index (χ1n) is 17.9. The summed E-state index contributed by atoms with van der Waals surface area (Å²) >= 11 is 0. The van der Waals surface area contributed by atoms with Crippen LogP contribution in [0, 0.1) is 0 Å². The van der Waals surface area contributed by atoms with Crippen molar-refractivity contribution in [1.82, 2.24) is 29.9 Å². The molecule has 314 valence electrons. The Morgan fingerprint density at radius 2 is 0.968 bits per heavy atom. The summed E-state index contributed by atoms with van der Waals surface area (Å²) in [7, 11) is -6.56. The number of nitrogens with zero attached hydrogens (tertiary/aromatic N) is 8. The molecular weight excluding hydrogens is 863 g/mol. The standard InChI is InChI=1S/C38H40N12O8S2.2Na/c1-49(21-23-51)37-45-33(39-27-12-5-3-6-13-27)43-35(47-37)41-29-20-19-26(18-17-25-11-9-10-16-30(25)59(53,54)55)32(60(56,57)58)31(29)42-36-44-34(40-28-14-7-4-8-15-28)46-38(48-36)50(2)22-24-52;;/h3-20,51-52H,21-24H2,1-2H3,(H,53,54,55)(H,56,57,58)(H2,39,41,43,45,47)(H2,40,42,44,46,48);;. The molecule has 2 heterocycles. The van der Waals surface area contributed by atoms with Crippen LogP contribution in [-0.2, 0) is 20.2 Å². The molecule has 2 radical (unpaired) electrons. The maximum absolute atomic E-state index is 13.5. The minimum Gasteiger partial charge on any atom is -0.395 e. The summed E-state index contributed by atoms with van der Waals surface area (Å²) in [5, 5.41) is 31.5. The normalized spacial score (nSPS) is 11.3. The molecule has 0 bridgehead atoms. The van der Waals surface area contributed by atoms with Gasteiger partial charge in [-0.25, -0.2) is 0 Å². The van der Waals surface area contributed by atoms with Crippen LogP contribution < -0.4 is 31.1 Å². The Bertz CT molecular complexity index is 2710. The van der Waals surface area contributed by atoms with Crippen molar-refractivity contribution in [1.29, 1.82) is 0 Å². The molecular formula is C38H40N12Na2O8S2. The van der Waals surface area contributed by atoms with Crippen LogP contribution in [0.4, 0.5) is 58.4 Å². The van der Waals surface area contributed by atoms with E-state index in [1.807, 2.05) is 24.3 Å². The Labute approximate surface area is 402 Å². The molecule has 0 atom stereocenters. The number of benzene rings is 4. The molecule has 0 aliphatic rings. The molecule has 0 saturated carbocycles. The summed E-state index contributed by atoms with van der Waals surface area (Å²) < 4.78 is 72.0. The van der Waals surface area contributed by atoms with E-state index < -0.39 is 30.0 Å². The van der Waals surface area contributed by atoms with Crippen LogP contribution in [0.2, 0.25) is 0 Å². The van der Waals surface area contributed by atoms with Gasteiger partial charge in [0, 0.05) is 97.7 Å². The van der Waals surface area contributed by atoms with E-state index in [9.17, 15) is 36.2 Å². The van der Waals surface area contributed by atoms with E-state index in [4.69, 9.17) is 0 Å². The average Bonchev–Trinajstić information content (AvgIpc) is 3.21. The predicted molar refractivity (Wildman–Crippen MR) is 239 cm³/mol. The average molecular weight is 903 g/mol. The fourth-order valence-electron chi connectivity index (χ4n) is 5.60. The van der Waals surface area contributed by atoms with Gasteiger partial charge in [0.15, 0.2) is 0 Å². The van der Waals surface area contributed by atoms with Gasteiger partial charge in [0.05, 0.1) is 24.6 Å². The summed E-state index contributed by atoms with van der Waals surface area (Å²) in [6, 6.07) is 26.2. The first kappa shape index (κ1) is 49.8. The smallest absolute Gasteiger partial charge is 0.297 e. The van der Waals surface area contributed by atoms with Gasteiger partial charge in [-0.2, -0.15) is 46.7 Å². The van der Waals surface area contributed by atoms with E-state index in [2.05, 4.69) is 51.2 Å². The fourth-order valence-corrected chi connectivity index (χ4v) is 7.13. The molecule has 0 spiro atoms. The summed E-state index contributed by atoms with van der Waals surface area (Å²) in [6.07, 6.45) is 2.50. The first-order chi connectivity index (χ1) is 28.7. The van der Waals surface area contributed by atoms with Gasteiger partial charge >= 0.3 is 0 Å². The van der Waals surface area contributed by atoms with Gasteiger partial charge in [-0.3, -0.25) is 9.11 Å². The largest absolute Gasteiger partial charge is 0.395 e. The third kappa shape index (κ3) is 13.3. The van der Waals surface area contributed by atoms with Crippen LogP contribution in [0.1, 0.15) is 11.1 Å². The van der Waals surface area contributed by atoms with Gasteiger partial charge in [-0.1, -0.05) is 72.8 Å². The van der Waals surface area contributed by atoms with E-state index >= 15 is 0 Å². The van der Waals surface area contributed by atoms with Crippen LogP contribution in [0.15, 0.2) is 107 Å². The number of anilines is 10. The molecule has 0 saturated heterocycles. The number of para-hydroxylation sites is 2. The Morgan fingerprint density at radius 1 is 0.532 bits per heavy atom. The van der Waals surface area contributed by atoms with Gasteiger partial charge in [0.25, 0.3) is 20.2 Å². The molecule has 0 fully saturated rings. The second-order valence-electron chi connectivity index (χ2n) is 12.8. The molecule has 4 aromatic carbocycles. The molecule has 2 aromatic heterocycles. The molecule has 8 N–H and O–H groups in total. The molecule has 0 aliphatic carbocycles. The van der Waals surface area contributed by atoms with Crippen molar-refractivity contribution in [2.24, 2.45) is 0 Å². The zero-order valence-corrected chi connectivity index (χ0v) is 39.7. The van der Waals surface area contributed by atoms with Gasteiger partial charge < -0.3 is 41.3 Å². The molecule has 62 heavy (non-hydrogen) atoms. The number of aromatic nitrogens is 6. The van der Waals surface area contributed by atoms with Crippen molar-refractivity contribution in [3.8, 4) is 0 Å². The molecule has 0 aliphatic heterocycles. The summed E-state index contributed by atoms with van der Waals surface area (Å²) in [5.74, 6) is 0.0251. The Hall–Kier alpha value is -4.82. The van der Waals surface area contributed by atoms with Crippen molar-refractivity contribution in [2.45, 2.75) is 9.79 Å². The van der Waals surface area contributed by atoms with E-state index in [1.54, 1.807) is 55.4 Å². The van der Waals surface area contributed by atoms with Gasteiger partial charge in [0.2, 0.25) is 35.7 Å². The quantitative estimate of drug-likeness (QED) is 0.0346. The number of aliphatic hydroxyl groups is 2.